The Bertz CT molecular complexity index is 678. The molecule has 0 amide bonds. The number of rotatable bonds is 8. The number of aliphatic hydroxyl groups is 1. The predicted octanol–water partition coefficient (Wildman–Crippen LogP) is 2.39. The van der Waals surface area contributed by atoms with Gasteiger partial charge in [-0.25, -0.2) is 14.6 Å². The maximum absolute atomic E-state index is 8.91. The normalized spacial score (nSPS) is 21.0. The average molecular weight is 351 g/mol. The number of aliphatic hydroxyl groups excluding tert-OH is 1. The molecule has 2 aromatic rings. The summed E-state index contributed by atoms with van der Waals surface area (Å²) in [7, 11) is 0. The van der Waals surface area contributed by atoms with Crippen LogP contribution < -0.4 is 0 Å². The minimum Gasteiger partial charge on any atom is -0.394 e. The van der Waals surface area contributed by atoms with Crippen LogP contribution in [-0.4, -0.2) is 55.1 Å². The topological polar surface area (TPSA) is 86.0 Å². The fourth-order valence-electron chi connectivity index (χ4n) is 3.12. The highest BCUT2D eigenvalue weighted by Crippen LogP contribution is 2.33. The van der Waals surface area contributed by atoms with Gasteiger partial charge in [-0.3, -0.25) is 0 Å². The summed E-state index contributed by atoms with van der Waals surface area (Å²) in [5.74, 6) is 1.01. The van der Waals surface area contributed by atoms with E-state index >= 15 is 0 Å². The van der Waals surface area contributed by atoms with Crippen LogP contribution in [0.3, 0.4) is 0 Å². The molecule has 2 atom stereocenters. The lowest BCUT2D eigenvalue weighted by molar-refractivity contribution is 0.0309. The van der Waals surface area contributed by atoms with Crippen LogP contribution in [-0.2, 0) is 11.2 Å². The van der Waals surface area contributed by atoms with Crippen LogP contribution in [0.5, 0.6) is 0 Å². The standard InChI is InChI=1S/C16H25N5O2S/c1-3-9-24-16-17-13(4-2)14-15(18-16)21(20-19-14)11-5-6-12(10-11)23-8-7-22/h11-12,22H,3-10H2,1-2H3. The van der Waals surface area contributed by atoms with E-state index in [-0.39, 0.29) is 18.8 Å². The van der Waals surface area contributed by atoms with Crippen LogP contribution in [0.2, 0.25) is 0 Å². The number of nitrogens with zero attached hydrogens (tertiary/aromatic N) is 5. The first-order chi connectivity index (χ1) is 11.8. The zero-order valence-corrected chi connectivity index (χ0v) is 15.1. The van der Waals surface area contributed by atoms with Gasteiger partial charge in [-0.15, -0.1) is 5.10 Å². The van der Waals surface area contributed by atoms with Gasteiger partial charge in [0, 0.05) is 5.75 Å². The minimum atomic E-state index is 0.0680. The first-order valence-electron chi connectivity index (χ1n) is 8.73. The van der Waals surface area contributed by atoms with Gasteiger partial charge in [-0.1, -0.05) is 30.8 Å². The van der Waals surface area contributed by atoms with Crippen LogP contribution in [0.15, 0.2) is 5.16 Å². The third-order valence-electron chi connectivity index (χ3n) is 4.29. The Hall–Kier alpha value is -1.25. The second kappa shape index (κ2) is 8.22. The monoisotopic (exact) mass is 351 g/mol. The van der Waals surface area contributed by atoms with Crippen molar-refractivity contribution in [2.45, 2.75) is 63.3 Å². The van der Waals surface area contributed by atoms with Crippen LogP contribution >= 0.6 is 11.8 Å². The van der Waals surface area contributed by atoms with Crippen molar-refractivity contribution in [3.8, 4) is 0 Å². The molecule has 3 rings (SSSR count). The van der Waals surface area contributed by atoms with Gasteiger partial charge >= 0.3 is 0 Å². The summed E-state index contributed by atoms with van der Waals surface area (Å²) in [4.78, 5) is 9.36. The van der Waals surface area contributed by atoms with Crippen LogP contribution in [0.25, 0.3) is 11.2 Å². The summed E-state index contributed by atoms with van der Waals surface area (Å²) in [6, 6.07) is 0.252. The van der Waals surface area contributed by atoms with Crippen molar-refractivity contribution in [2.75, 3.05) is 19.0 Å². The Morgan fingerprint density at radius 3 is 2.92 bits per heavy atom. The van der Waals surface area contributed by atoms with E-state index in [0.717, 1.165) is 59.9 Å². The van der Waals surface area contributed by atoms with Crippen LogP contribution in [0, 0.1) is 0 Å². The third kappa shape index (κ3) is 3.70. The number of fused-ring (bicyclic) bond motifs is 1. The summed E-state index contributed by atoms with van der Waals surface area (Å²) < 4.78 is 7.62. The Kier molecular flexibility index (Phi) is 6.02. The number of ether oxygens (including phenoxy) is 1. The molecule has 0 aromatic carbocycles. The quantitative estimate of drug-likeness (QED) is 0.577. The summed E-state index contributed by atoms with van der Waals surface area (Å²) in [5.41, 5.74) is 2.63. The Morgan fingerprint density at radius 2 is 2.17 bits per heavy atom. The van der Waals surface area contributed by atoms with E-state index in [1.165, 1.54) is 0 Å². The van der Waals surface area contributed by atoms with Gasteiger partial charge in [0.05, 0.1) is 31.1 Å². The molecule has 1 saturated carbocycles. The number of aromatic nitrogens is 5. The molecule has 1 aliphatic carbocycles. The highest BCUT2D eigenvalue weighted by atomic mass is 32.2. The molecule has 1 fully saturated rings. The SMILES string of the molecule is CCCSc1nc(CC)c2nnn(C3CCC(OCCO)C3)c2n1. The summed E-state index contributed by atoms with van der Waals surface area (Å²) in [5, 5.41) is 18.4. The van der Waals surface area contributed by atoms with E-state index in [2.05, 4.69) is 29.1 Å². The molecule has 2 unspecified atom stereocenters. The van der Waals surface area contributed by atoms with Gasteiger partial charge in [0.15, 0.2) is 16.3 Å². The predicted molar refractivity (Wildman–Crippen MR) is 93.2 cm³/mol. The number of hydrogen-bond donors (Lipinski definition) is 1. The van der Waals surface area contributed by atoms with Crippen molar-refractivity contribution < 1.29 is 9.84 Å². The van der Waals surface area contributed by atoms with Crippen molar-refractivity contribution in [1.29, 1.82) is 0 Å². The summed E-state index contributed by atoms with van der Waals surface area (Å²) in [6.07, 6.45) is 4.97. The Morgan fingerprint density at radius 1 is 1.29 bits per heavy atom. The van der Waals surface area contributed by atoms with E-state index in [4.69, 9.17) is 14.8 Å². The maximum atomic E-state index is 8.91. The molecule has 0 radical (unpaired) electrons. The number of thioether (sulfide) groups is 1. The lowest BCUT2D eigenvalue weighted by Crippen LogP contribution is -2.14. The molecule has 8 heteroatoms. The molecule has 0 aliphatic heterocycles. The van der Waals surface area contributed by atoms with E-state index in [0.29, 0.717) is 6.61 Å². The lowest BCUT2D eigenvalue weighted by Gasteiger charge is -2.12. The minimum absolute atomic E-state index is 0.0680. The van der Waals surface area contributed by atoms with Gasteiger partial charge in [-0.2, -0.15) is 0 Å². The van der Waals surface area contributed by atoms with Crippen molar-refractivity contribution in [3.05, 3.63) is 5.69 Å². The van der Waals surface area contributed by atoms with Crippen LogP contribution in [0.1, 0.15) is 51.3 Å². The highest BCUT2D eigenvalue weighted by molar-refractivity contribution is 7.99. The van der Waals surface area contributed by atoms with Crippen LogP contribution in [0.4, 0.5) is 0 Å². The largest absolute Gasteiger partial charge is 0.394 e. The van der Waals surface area contributed by atoms with Crippen molar-refractivity contribution in [1.82, 2.24) is 25.0 Å². The zero-order chi connectivity index (χ0) is 16.9. The van der Waals surface area contributed by atoms with Crippen molar-refractivity contribution in [3.63, 3.8) is 0 Å². The molecule has 0 spiro atoms. The molecule has 0 saturated heterocycles. The summed E-state index contributed by atoms with van der Waals surface area (Å²) in [6.45, 7) is 4.71. The fourth-order valence-corrected chi connectivity index (χ4v) is 3.84. The van der Waals surface area contributed by atoms with E-state index in [1.54, 1.807) is 11.8 Å². The highest BCUT2D eigenvalue weighted by Gasteiger charge is 2.29. The molecular formula is C16H25N5O2S. The first-order valence-corrected chi connectivity index (χ1v) is 9.72. The van der Waals surface area contributed by atoms with Crippen molar-refractivity contribution >= 4 is 22.9 Å². The lowest BCUT2D eigenvalue weighted by atomic mass is 10.2. The number of hydrogen-bond acceptors (Lipinski definition) is 7. The molecule has 1 N–H and O–H groups in total. The Balaban J connectivity index is 1.86. The van der Waals surface area contributed by atoms with E-state index in [9.17, 15) is 0 Å². The van der Waals surface area contributed by atoms with Gasteiger partial charge in [0.2, 0.25) is 0 Å². The molecule has 2 aromatic heterocycles. The van der Waals surface area contributed by atoms with Gasteiger partial charge in [-0.05, 0) is 32.1 Å². The molecule has 7 nitrogen and oxygen atoms in total. The fraction of sp³-hybridized carbons (Fsp3) is 0.750. The first kappa shape index (κ1) is 17.6. The molecule has 0 bridgehead atoms. The zero-order valence-electron chi connectivity index (χ0n) is 14.3. The second-order valence-electron chi connectivity index (χ2n) is 6.04. The third-order valence-corrected chi connectivity index (χ3v) is 5.35. The van der Waals surface area contributed by atoms with Gasteiger partial charge in [0.25, 0.3) is 0 Å². The van der Waals surface area contributed by atoms with E-state index < -0.39 is 0 Å². The summed E-state index contributed by atoms with van der Waals surface area (Å²) >= 11 is 1.69. The molecule has 2 heterocycles. The number of aryl methyl sites for hydroxylation is 1. The van der Waals surface area contributed by atoms with Crippen molar-refractivity contribution in [2.24, 2.45) is 0 Å². The Labute approximate surface area is 146 Å². The van der Waals surface area contributed by atoms with E-state index in [1.807, 2.05) is 4.68 Å². The molecule has 132 valence electrons. The van der Waals surface area contributed by atoms with Gasteiger partial charge < -0.3 is 9.84 Å². The smallest absolute Gasteiger partial charge is 0.189 e. The molecule has 24 heavy (non-hydrogen) atoms. The average Bonchev–Trinajstić information content (AvgIpc) is 3.23. The molecular weight excluding hydrogens is 326 g/mol. The molecule has 1 aliphatic rings. The van der Waals surface area contributed by atoms with Gasteiger partial charge in [0.1, 0.15) is 0 Å². The second-order valence-corrected chi connectivity index (χ2v) is 7.11. The maximum Gasteiger partial charge on any atom is 0.189 e.